The molecule has 4 fully saturated rings. The van der Waals surface area contributed by atoms with Gasteiger partial charge in [0.1, 0.15) is 22.3 Å². The standard InChI is InChI=1S/C26H37N5O4.C18H28N4O5.C18H26N4O4.C16H24N2O5/c1-15(2)14-34-23-20(13-27-31(23)7-6-25(4,5)24-30-29-16(3)35-24)22(32)28-21-18-8-17-9-19(21)12-26(33,10-17)11-18;1-7-26-16(24)14-10-19-22(15(14)27-11-12(2)3)9-8-18(5,6)17(25)21-20-13(4)23;1-7-24-16(23)14-10-19-22(15(14)25-11-12(2)3)9-8-18(5,6)17-21-20-13(4)26-17;1-6-22-14(19)12-9-17-18(13(12)23-10-11(2)3)8-7-16(4,5)15(20)21/h6-7,13,15,17-19,21,33H,8-12,14H2,1-5H3,(H,28,32);8-10,12H,7,11H2,1-6H3,(H,20,23)(H,21,25);8-10,12H,7,11H2,1-6H3;7-9,11H,6,10H2,1-5H3,(H,20,21)/b7-6+;2*9-8+;8-7+. The molecule has 4 saturated carbocycles. The second kappa shape index (κ2) is 39.4. The highest BCUT2D eigenvalue weighted by molar-refractivity contribution is 5.97. The number of aromatic nitrogens is 12. The summed E-state index contributed by atoms with van der Waals surface area (Å²) in [5.74, 6) is 2.22. The zero-order valence-electron chi connectivity index (χ0n) is 68.3. The van der Waals surface area contributed by atoms with Gasteiger partial charge in [0.25, 0.3) is 5.91 Å². The third kappa shape index (κ3) is 25.5. The molecule has 33 nitrogen and oxygen atoms in total. The Bertz CT molecular complexity index is 4210. The minimum Gasteiger partial charge on any atom is -0.481 e. The maximum Gasteiger partial charge on any atom is 0.345 e. The molecule has 5 N–H and O–H groups in total. The van der Waals surface area contributed by atoms with Crippen molar-refractivity contribution in [3.05, 3.63) is 94.9 Å². The van der Waals surface area contributed by atoms with E-state index in [1.807, 2.05) is 81.4 Å². The molecule has 0 spiro atoms. The smallest absolute Gasteiger partial charge is 0.345 e. The molecule has 0 aromatic carbocycles. The molecule has 33 heteroatoms. The van der Waals surface area contributed by atoms with Gasteiger partial charge in [0, 0.05) is 51.6 Å². The molecule has 0 radical (unpaired) electrons. The number of carboxylic acid groups (broad SMARTS) is 1. The van der Waals surface area contributed by atoms with E-state index in [0.29, 0.717) is 102 Å². The molecular weight excluding hydrogens is 1430 g/mol. The van der Waals surface area contributed by atoms with Crippen molar-refractivity contribution >= 4 is 66.4 Å². The molecule has 2 unspecified atom stereocenters. The molecule has 10 rings (SSSR count). The molecular formula is C78H115N15O18. The van der Waals surface area contributed by atoms with E-state index in [-0.39, 0.29) is 72.4 Å². The van der Waals surface area contributed by atoms with Gasteiger partial charge < -0.3 is 57.5 Å². The molecule has 6 aromatic rings. The van der Waals surface area contributed by atoms with Gasteiger partial charge in [-0.05, 0) is 156 Å². The van der Waals surface area contributed by atoms with Crippen molar-refractivity contribution < 1.29 is 85.8 Å². The molecule has 2 atom stereocenters. The van der Waals surface area contributed by atoms with Crippen LogP contribution >= 0.6 is 0 Å². The second-order valence-corrected chi connectivity index (χ2v) is 31.7. The summed E-state index contributed by atoms with van der Waals surface area (Å²) in [7, 11) is 0. The lowest BCUT2D eigenvalue weighted by Crippen LogP contribution is -2.61. The highest BCUT2D eigenvalue weighted by Crippen LogP contribution is 2.56. The summed E-state index contributed by atoms with van der Waals surface area (Å²) in [6.45, 7) is 42.9. The minimum absolute atomic E-state index is 0.0934. The number of nitrogens with one attached hydrogen (secondary N) is 3. The van der Waals surface area contributed by atoms with Crippen LogP contribution in [0, 0.1) is 66.1 Å². The van der Waals surface area contributed by atoms with Gasteiger partial charge in [-0.2, -0.15) is 20.4 Å². The van der Waals surface area contributed by atoms with Gasteiger partial charge in [-0.1, -0.05) is 73.6 Å². The predicted molar refractivity (Wildman–Crippen MR) is 410 cm³/mol. The van der Waals surface area contributed by atoms with E-state index in [1.54, 1.807) is 91.7 Å². The largest absolute Gasteiger partial charge is 0.481 e. The number of ether oxygens (including phenoxy) is 7. The average molecular weight is 1550 g/mol. The molecule has 3 amide bonds. The van der Waals surface area contributed by atoms with E-state index in [9.17, 15) is 38.7 Å². The molecule has 4 aliphatic carbocycles. The summed E-state index contributed by atoms with van der Waals surface area (Å²) in [6.07, 6.45) is 23.8. The Kier molecular flexibility index (Phi) is 31.8. The Morgan fingerprint density at radius 2 is 0.847 bits per heavy atom. The van der Waals surface area contributed by atoms with Crippen LogP contribution in [-0.4, -0.2) is 169 Å². The fourth-order valence-corrected chi connectivity index (χ4v) is 11.8. The number of aliphatic hydroxyl groups is 1. The predicted octanol–water partition coefficient (Wildman–Crippen LogP) is 11.4. The fraction of sp³-hybridized carbons (Fsp3) is 0.603. The highest BCUT2D eigenvalue weighted by atomic mass is 16.6. The molecule has 6 heterocycles. The first-order valence-electron chi connectivity index (χ1n) is 37.6. The quantitative estimate of drug-likeness (QED) is 0.0149. The number of carboxylic acids is 1. The van der Waals surface area contributed by atoms with Crippen LogP contribution in [-0.2, 0) is 39.4 Å². The molecule has 111 heavy (non-hydrogen) atoms. The number of rotatable bonds is 32. The van der Waals surface area contributed by atoms with Crippen molar-refractivity contribution in [2.24, 2.45) is 52.3 Å². The molecule has 6 aromatic heterocycles. The van der Waals surface area contributed by atoms with Crippen molar-refractivity contribution in [2.45, 2.75) is 207 Å². The molecule has 4 aliphatic rings. The maximum atomic E-state index is 13.5. The van der Waals surface area contributed by atoms with E-state index in [1.165, 1.54) is 58.0 Å². The highest BCUT2D eigenvalue weighted by Gasteiger charge is 2.55. The topological polar surface area (TPSA) is 410 Å². The van der Waals surface area contributed by atoms with E-state index < -0.39 is 57.0 Å². The Balaban J connectivity index is 0.000000234. The second-order valence-electron chi connectivity index (χ2n) is 31.7. The van der Waals surface area contributed by atoms with Crippen molar-refractivity contribution in [3.8, 4) is 23.5 Å². The molecule has 0 saturated heterocycles. The van der Waals surface area contributed by atoms with Crippen LogP contribution < -0.4 is 35.1 Å². The van der Waals surface area contributed by atoms with Crippen LogP contribution in [0.25, 0.3) is 24.8 Å². The first-order valence-corrected chi connectivity index (χ1v) is 37.6. The van der Waals surface area contributed by atoms with E-state index in [2.05, 4.69) is 70.8 Å². The fourth-order valence-electron chi connectivity index (χ4n) is 11.8. The maximum absolute atomic E-state index is 13.5. The summed E-state index contributed by atoms with van der Waals surface area (Å²) in [5, 5.41) is 56.2. The SMILES string of the molecule is CCOC(=O)c1cnn(/C=C/C(C)(C)C(=O)NNC(C)=O)c1OCC(C)C.CCOC(=O)c1cnn(/C=C/C(C)(C)C(=O)O)c1OCC(C)C.CCOC(=O)c1cnn(/C=C/C(C)(C)c2nnc(C)o2)c1OCC(C)C.Cc1nnc(C(C)(C)/C=C/n2ncc(C(=O)NC3C4CC5CC3CC(O)(C5)C4)c2OCC(C)C)o1. The molecule has 610 valence electrons. The van der Waals surface area contributed by atoms with Crippen LogP contribution in [0.4, 0.5) is 0 Å². The monoisotopic (exact) mass is 1550 g/mol. The van der Waals surface area contributed by atoms with Crippen molar-refractivity contribution in [2.75, 3.05) is 46.2 Å². The number of hydrogen-bond acceptors (Lipinski definition) is 25. The Labute approximate surface area is 649 Å². The molecule has 4 bridgehead atoms. The number of amides is 3. The van der Waals surface area contributed by atoms with E-state index in [0.717, 1.165) is 32.1 Å². The van der Waals surface area contributed by atoms with Gasteiger partial charge in [-0.25, -0.2) is 33.1 Å². The number of hydrazine groups is 1. The first kappa shape index (κ1) is 89.4. The number of hydrogen-bond donors (Lipinski definition) is 5. The number of aryl methyl sites for hydroxylation is 2. The lowest BCUT2D eigenvalue weighted by atomic mass is 9.52. The summed E-state index contributed by atoms with van der Waals surface area (Å²) < 4.78 is 55.3. The normalized spacial score (nSPS) is 17.5. The van der Waals surface area contributed by atoms with Crippen molar-refractivity contribution in [3.63, 3.8) is 0 Å². The van der Waals surface area contributed by atoms with Gasteiger partial charge in [-0.3, -0.25) is 30.0 Å². The van der Waals surface area contributed by atoms with E-state index >= 15 is 0 Å². The summed E-state index contributed by atoms with van der Waals surface area (Å²) in [4.78, 5) is 83.9. The Hall–Kier alpha value is -10.5. The van der Waals surface area contributed by atoms with Crippen molar-refractivity contribution in [1.29, 1.82) is 0 Å². The van der Waals surface area contributed by atoms with Crippen molar-refractivity contribution in [1.82, 2.24) is 75.7 Å². The average Bonchev–Trinajstić information content (AvgIpc) is 1.57. The number of carbonyl (C=O) groups is 7. The summed E-state index contributed by atoms with van der Waals surface area (Å²) >= 11 is 0. The zero-order chi connectivity index (χ0) is 82.5. The Morgan fingerprint density at radius 1 is 0.514 bits per heavy atom. The van der Waals surface area contributed by atoms with Crippen LogP contribution in [0.5, 0.6) is 23.5 Å². The van der Waals surface area contributed by atoms with Crippen LogP contribution in [0.2, 0.25) is 0 Å². The third-order valence-electron chi connectivity index (χ3n) is 17.7. The summed E-state index contributed by atoms with van der Waals surface area (Å²) in [6, 6.07) is 0.0934. The first-order chi connectivity index (χ1) is 52.0. The van der Waals surface area contributed by atoms with Gasteiger partial charge >= 0.3 is 23.9 Å². The summed E-state index contributed by atoms with van der Waals surface area (Å²) in [5.41, 5.74) is 2.15. The number of nitrogens with zero attached hydrogens (tertiary/aromatic N) is 12. The number of allylic oxidation sites excluding steroid dienone is 2. The van der Waals surface area contributed by atoms with Crippen LogP contribution in [0.15, 0.2) is 57.9 Å². The van der Waals surface area contributed by atoms with Gasteiger partial charge in [0.2, 0.25) is 58.9 Å². The Morgan fingerprint density at radius 3 is 1.15 bits per heavy atom. The van der Waals surface area contributed by atoms with Gasteiger partial charge in [0.05, 0.1) is 98.3 Å². The zero-order valence-corrected chi connectivity index (χ0v) is 68.3. The van der Waals surface area contributed by atoms with E-state index in [4.69, 9.17) is 47.1 Å². The lowest BCUT2D eigenvalue weighted by Gasteiger charge is -2.58. The lowest BCUT2D eigenvalue weighted by molar-refractivity contribution is -0.144. The van der Waals surface area contributed by atoms with Crippen LogP contribution in [0.1, 0.15) is 236 Å². The van der Waals surface area contributed by atoms with Gasteiger partial charge in [-0.15, -0.1) is 20.4 Å². The van der Waals surface area contributed by atoms with Crippen LogP contribution in [0.3, 0.4) is 0 Å². The number of aliphatic carboxylic acids is 1. The molecule has 0 aliphatic heterocycles. The van der Waals surface area contributed by atoms with Gasteiger partial charge in [0.15, 0.2) is 0 Å². The number of esters is 3. The number of carbonyl (C=O) groups excluding carboxylic acids is 6. The minimum atomic E-state index is -1.06. The third-order valence-corrected chi connectivity index (χ3v) is 17.7.